The van der Waals surface area contributed by atoms with Crippen LogP contribution in [0.4, 0.5) is 0 Å². The van der Waals surface area contributed by atoms with Gasteiger partial charge in [-0.2, -0.15) is 0 Å². The van der Waals surface area contributed by atoms with Gasteiger partial charge in [0.05, 0.1) is 23.0 Å². The average Bonchev–Trinajstić information content (AvgIpc) is 3.35. The first-order valence-corrected chi connectivity index (χ1v) is 11.2. The zero-order valence-electron chi connectivity index (χ0n) is 18.2. The maximum atomic E-state index is 12.7. The number of thiazole rings is 1. The fourth-order valence-corrected chi connectivity index (χ4v) is 4.95. The standard InChI is InChI=1S/C26H23N3O2S/c1-16-4-10-21(17(2)12-16)22-15-29-23-11-7-19(13-24(23)32-26(29)28-22)25(30)27-14-18-5-8-20(31-3)9-6-18/h4-13,15H,14H2,1-3H3,(H,27,30). The molecule has 6 heteroatoms. The van der Waals surface area contributed by atoms with Crippen molar-refractivity contribution in [3.05, 3.63) is 89.1 Å². The van der Waals surface area contributed by atoms with E-state index in [0.717, 1.165) is 37.7 Å². The zero-order valence-corrected chi connectivity index (χ0v) is 19.0. The largest absolute Gasteiger partial charge is 0.497 e. The second-order valence-electron chi connectivity index (χ2n) is 7.91. The number of nitrogens with zero attached hydrogens (tertiary/aromatic N) is 2. The molecular formula is C26H23N3O2S. The van der Waals surface area contributed by atoms with E-state index in [1.165, 1.54) is 11.1 Å². The van der Waals surface area contributed by atoms with Crippen LogP contribution >= 0.6 is 11.3 Å². The number of aromatic nitrogens is 2. The Labute approximate surface area is 190 Å². The number of hydrogen-bond donors (Lipinski definition) is 1. The lowest BCUT2D eigenvalue weighted by atomic mass is 10.0. The Morgan fingerprint density at radius 3 is 2.62 bits per heavy atom. The van der Waals surface area contributed by atoms with Crippen LogP contribution in [0.25, 0.3) is 26.4 Å². The number of carbonyl (C=O) groups excluding carboxylic acids is 1. The van der Waals surface area contributed by atoms with Gasteiger partial charge in [-0.15, -0.1) is 0 Å². The molecule has 0 saturated carbocycles. The number of fused-ring (bicyclic) bond motifs is 3. The Kier molecular flexibility index (Phi) is 5.15. The number of imidazole rings is 1. The van der Waals surface area contributed by atoms with Gasteiger partial charge >= 0.3 is 0 Å². The third kappa shape index (κ3) is 3.74. The summed E-state index contributed by atoms with van der Waals surface area (Å²) in [7, 11) is 1.64. The fraction of sp³-hybridized carbons (Fsp3) is 0.154. The third-order valence-electron chi connectivity index (χ3n) is 5.63. The Morgan fingerprint density at radius 1 is 1.06 bits per heavy atom. The van der Waals surface area contributed by atoms with Gasteiger partial charge in [-0.1, -0.05) is 47.2 Å². The summed E-state index contributed by atoms with van der Waals surface area (Å²) in [6, 6.07) is 19.9. The SMILES string of the molecule is COc1ccc(CNC(=O)c2ccc3c(c2)sc2nc(-c4ccc(C)cc4C)cn23)cc1. The van der Waals surface area contributed by atoms with Crippen molar-refractivity contribution in [2.45, 2.75) is 20.4 Å². The van der Waals surface area contributed by atoms with Gasteiger partial charge in [0.1, 0.15) is 5.75 Å². The summed E-state index contributed by atoms with van der Waals surface area (Å²) < 4.78 is 8.32. The first-order chi connectivity index (χ1) is 15.5. The third-order valence-corrected chi connectivity index (χ3v) is 6.64. The van der Waals surface area contributed by atoms with Crippen LogP contribution in [0.2, 0.25) is 0 Å². The molecule has 1 amide bonds. The van der Waals surface area contributed by atoms with Gasteiger partial charge in [-0.3, -0.25) is 9.20 Å². The van der Waals surface area contributed by atoms with Crippen LogP contribution in [0.5, 0.6) is 5.75 Å². The molecule has 0 unspecified atom stereocenters. The predicted molar refractivity (Wildman–Crippen MR) is 130 cm³/mol. The molecule has 2 aromatic heterocycles. The van der Waals surface area contributed by atoms with Crippen molar-refractivity contribution in [3.63, 3.8) is 0 Å². The summed E-state index contributed by atoms with van der Waals surface area (Å²) >= 11 is 1.59. The van der Waals surface area contributed by atoms with E-state index in [2.05, 4.69) is 48.0 Å². The highest BCUT2D eigenvalue weighted by Gasteiger charge is 2.14. The summed E-state index contributed by atoms with van der Waals surface area (Å²) in [6.07, 6.45) is 2.08. The maximum absolute atomic E-state index is 12.7. The van der Waals surface area contributed by atoms with Gasteiger partial charge in [0.25, 0.3) is 5.91 Å². The first-order valence-electron chi connectivity index (χ1n) is 10.4. The molecule has 5 aromatic rings. The minimum absolute atomic E-state index is 0.0928. The first kappa shape index (κ1) is 20.3. The number of aryl methyl sites for hydroxylation is 2. The van der Waals surface area contributed by atoms with Crippen molar-refractivity contribution < 1.29 is 9.53 Å². The van der Waals surface area contributed by atoms with Crippen molar-refractivity contribution in [2.75, 3.05) is 7.11 Å². The molecule has 0 saturated heterocycles. The summed E-state index contributed by atoms with van der Waals surface area (Å²) in [5, 5.41) is 2.99. The van der Waals surface area contributed by atoms with Crippen molar-refractivity contribution in [3.8, 4) is 17.0 Å². The highest BCUT2D eigenvalue weighted by molar-refractivity contribution is 7.23. The van der Waals surface area contributed by atoms with Crippen LogP contribution in [0.1, 0.15) is 27.0 Å². The van der Waals surface area contributed by atoms with E-state index in [1.807, 2.05) is 42.5 Å². The zero-order chi connectivity index (χ0) is 22.2. The lowest BCUT2D eigenvalue weighted by Gasteiger charge is -2.07. The van der Waals surface area contributed by atoms with Crippen LogP contribution in [0.3, 0.4) is 0 Å². The normalized spacial score (nSPS) is 11.2. The molecule has 2 heterocycles. The molecule has 0 fully saturated rings. The minimum Gasteiger partial charge on any atom is -0.497 e. The van der Waals surface area contributed by atoms with E-state index in [1.54, 1.807) is 18.4 Å². The number of ether oxygens (including phenoxy) is 1. The van der Waals surface area contributed by atoms with Crippen LogP contribution in [-0.2, 0) is 6.54 Å². The van der Waals surface area contributed by atoms with Gasteiger partial charge < -0.3 is 10.1 Å². The van der Waals surface area contributed by atoms with E-state index in [9.17, 15) is 4.79 Å². The van der Waals surface area contributed by atoms with Crippen molar-refractivity contribution in [1.82, 2.24) is 14.7 Å². The molecule has 5 nitrogen and oxygen atoms in total. The lowest BCUT2D eigenvalue weighted by Crippen LogP contribution is -2.22. The number of rotatable bonds is 5. The molecule has 0 aliphatic carbocycles. The Hall–Kier alpha value is -3.64. The molecule has 0 aliphatic heterocycles. The topological polar surface area (TPSA) is 55.6 Å². The van der Waals surface area contributed by atoms with Crippen LogP contribution in [0, 0.1) is 13.8 Å². The van der Waals surface area contributed by atoms with E-state index >= 15 is 0 Å². The number of hydrogen-bond acceptors (Lipinski definition) is 4. The molecule has 1 N–H and O–H groups in total. The second-order valence-corrected chi connectivity index (χ2v) is 8.92. The van der Waals surface area contributed by atoms with Gasteiger partial charge in [0.15, 0.2) is 4.96 Å². The van der Waals surface area contributed by atoms with Crippen molar-refractivity contribution in [2.24, 2.45) is 0 Å². The molecule has 0 spiro atoms. The number of benzene rings is 3. The van der Waals surface area contributed by atoms with Crippen molar-refractivity contribution in [1.29, 1.82) is 0 Å². The van der Waals surface area contributed by atoms with Gasteiger partial charge in [0.2, 0.25) is 0 Å². The lowest BCUT2D eigenvalue weighted by molar-refractivity contribution is 0.0951. The molecule has 32 heavy (non-hydrogen) atoms. The Bertz CT molecular complexity index is 1450. The maximum Gasteiger partial charge on any atom is 0.251 e. The minimum atomic E-state index is -0.0928. The van der Waals surface area contributed by atoms with Crippen LogP contribution < -0.4 is 10.1 Å². The molecule has 0 bridgehead atoms. The second kappa shape index (κ2) is 8.13. The number of methoxy groups -OCH3 is 1. The summed E-state index contributed by atoms with van der Waals surface area (Å²) in [5.74, 6) is 0.707. The number of amides is 1. The summed E-state index contributed by atoms with van der Waals surface area (Å²) in [4.78, 5) is 18.5. The monoisotopic (exact) mass is 441 g/mol. The van der Waals surface area contributed by atoms with Crippen LogP contribution in [0.15, 0.2) is 66.9 Å². The molecule has 0 atom stereocenters. The summed E-state index contributed by atoms with van der Waals surface area (Å²) in [6.45, 7) is 4.68. The molecular weight excluding hydrogens is 418 g/mol. The molecule has 5 rings (SSSR count). The number of carbonyl (C=O) groups is 1. The quantitative estimate of drug-likeness (QED) is 0.377. The molecule has 0 radical (unpaired) electrons. The van der Waals surface area contributed by atoms with E-state index < -0.39 is 0 Å². The smallest absolute Gasteiger partial charge is 0.251 e. The van der Waals surface area contributed by atoms with E-state index in [4.69, 9.17) is 9.72 Å². The summed E-state index contributed by atoms with van der Waals surface area (Å²) in [5.41, 5.74) is 7.30. The van der Waals surface area contributed by atoms with E-state index in [-0.39, 0.29) is 5.91 Å². The predicted octanol–water partition coefficient (Wildman–Crippen LogP) is 5.77. The molecule has 0 aliphatic rings. The average molecular weight is 442 g/mol. The van der Waals surface area contributed by atoms with Gasteiger partial charge in [-0.25, -0.2) is 4.98 Å². The number of nitrogens with one attached hydrogen (secondary N) is 1. The molecule has 160 valence electrons. The Morgan fingerprint density at radius 2 is 1.88 bits per heavy atom. The van der Waals surface area contributed by atoms with E-state index in [0.29, 0.717) is 12.1 Å². The van der Waals surface area contributed by atoms with Gasteiger partial charge in [-0.05, 0) is 55.3 Å². The van der Waals surface area contributed by atoms with Crippen molar-refractivity contribution >= 4 is 32.4 Å². The highest BCUT2D eigenvalue weighted by Crippen LogP contribution is 2.31. The van der Waals surface area contributed by atoms with Crippen LogP contribution in [-0.4, -0.2) is 22.4 Å². The Balaban J connectivity index is 1.38. The molecule has 3 aromatic carbocycles. The fourth-order valence-electron chi connectivity index (χ4n) is 3.90. The highest BCUT2D eigenvalue weighted by atomic mass is 32.1. The van der Waals surface area contributed by atoms with Gasteiger partial charge in [0, 0.05) is 23.9 Å².